The first-order valence-electron chi connectivity index (χ1n) is 6.21. The van der Waals surface area contributed by atoms with Crippen LogP contribution >= 0.6 is 0 Å². The van der Waals surface area contributed by atoms with Crippen LogP contribution in [0.2, 0.25) is 0 Å². The average molecular weight is 271 g/mol. The van der Waals surface area contributed by atoms with Crippen molar-refractivity contribution in [3.05, 3.63) is 57.9 Å². The molecule has 3 rings (SSSR count). The lowest BCUT2D eigenvalue weighted by Crippen LogP contribution is -1.98. The molecule has 6 nitrogen and oxygen atoms in total. The summed E-state index contributed by atoms with van der Waals surface area (Å²) in [5, 5.41) is 11.6. The topological polar surface area (TPSA) is 74.1 Å². The van der Waals surface area contributed by atoms with Gasteiger partial charge in [-0.1, -0.05) is 0 Å². The van der Waals surface area contributed by atoms with E-state index < -0.39 is 4.92 Å². The first kappa shape index (κ1) is 12.4. The van der Waals surface area contributed by atoms with Gasteiger partial charge in [-0.3, -0.25) is 10.1 Å². The molecule has 20 heavy (non-hydrogen) atoms. The molecule has 0 unspecified atom stereocenters. The molecule has 3 aromatic rings. The highest BCUT2D eigenvalue weighted by atomic mass is 16.6. The van der Waals surface area contributed by atoms with E-state index >= 15 is 0 Å². The van der Waals surface area contributed by atoms with Crippen LogP contribution in [0.3, 0.4) is 0 Å². The fourth-order valence-corrected chi connectivity index (χ4v) is 2.19. The normalized spacial score (nSPS) is 11.1. The number of aryl methyl sites for hydroxylation is 2. The fraction of sp³-hybridized carbons (Fsp3) is 0.214. The number of oxazole rings is 1. The van der Waals surface area contributed by atoms with E-state index in [0.29, 0.717) is 12.4 Å². The Balaban J connectivity index is 1.98. The number of nitro benzene ring substituents is 1. The van der Waals surface area contributed by atoms with Gasteiger partial charge in [-0.2, -0.15) is 0 Å². The summed E-state index contributed by atoms with van der Waals surface area (Å²) in [4.78, 5) is 14.7. The van der Waals surface area contributed by atoms with Crippen molar-refractivity contribution in [1.29, 1.82) is 0 Å². The molecule has 6 heteroatoms. The van der Waals surface area contributed by atoms with E-state index in [1.54, 1.807) is 12.1 Å². The van der Waals surface area contributed by atoms with Crippen molar-refractivity contribution in [1.82, 2.24) is 9.55 Å². The Hall–Kier alpha value is -2.63. The van der Waals surface area contributed by atoms with Crippen LogP contribution in [-0.4, -0.2) is 14.5 Å². The zero-order valence-electron chi connectivity index (χ0n) is 11.2. The van der Waals surface area contributed by atoms with Gasteiger partial charge in [0.2, 0.25) is 5.89 Å². The zero-order valence-corrected chi connectivity index (χ0v) is 11.2. The summed E-state index contributed by atoms with van der Waals surface area (Å²) in [5.41, 5.74) is 1.90. The molecule has 0 aliphatic heterocycles. The van der Waals surface area contributed by atoms with Crippen molar-refractivity contribution < 1.29 is 9.34 Å². The Kier molecular flexibility index (Phi) is 2.78. The van der Waals surface area contributed by atoms with Crippen LogP contribution in [0.25, 0.3) is 10.9 Å². The Labute approximate surface area is 114 Å². The minimum atomic E-state index is -0.391. The Bertz CT molecular complexity index is 782. The van der Waals surface area contributed by atoms with Crippen LogP contribution in [0.5, 0.6) is 0 Å². The summed E-state index contributed by atoms with van der Waals surface area (Å²) in [6.07, 6.45) is 1.88. The predicted octanol–water partition coefficient (Wildman–Crippen LogP) is 3.20. The van der Waals surface area contributed by atoms with Crippen molar-refractivity contribution in [2.75, 3.05) is 0 Å². The Morgan fingerprint density at radius 2 is 2.15 bits per heavy atom. The van der Waals surface area contributed by atoms with Crippen molar-refractivity contribution in [2.24, 2.45) is 0 Å². The van der Waals surface area contributed by atoms with Crippen LogP contribution in [0, 0.1) is 24.0 Å². The smallest absolute Gasteiger partial charge is 0.270 e. The van der Waals surface area contributed by atoms with Crippen molar-refractivity contribution >= 4 is 16.6 Å². The molecule has 0 saturated heterocycles. The van der Waals surface area contributed by atoms with E-state index in [0.717, 1.165) is 22.4 Å². The summed E-state index contributed by atoms with van der Waals surface area (Å²) in [5.74, 6) is 1.45. The van der Waals surface area contributed by atoms with Gasteiger partial charge in [0, 0.05) is 29.2 Å². The second-order valence-electron chi connectivity index (χ2n) is 4.69. The highest BCUT2D eigenvalue weighted by Gasteiger charge is 2.11. The van der Waals surface area contributed by atoms with Gasteiger partial charge in [0.05, 0.1) is 17.2 Å². The van der Waals surface area contributed by atoms with E-state index in [1.807, 2.05) is 30.7 Å². The molecule has 0 amide bonds. The lowest BCUT2D eigenvalue weighted by molar-refractivity contribution is -0.384. The monoisotopic (exact) mass is 271 g/mol. The Morgan fingerprint density at radius 3 is 2.80 bits per heavy atom. The molecule has 0 bridgehead atoms. The maximum absolute atomic E-state index is 10.8. The van der Waals surface area contributed by atoms with Gasteiger partial charge in [0.1, 0.15) is 5.76 Å². The predicted molar refractivity (Wildman–Crippen MR) is 73.7 cm³/mol. The largest absolute Gasteiger partial charge is 0.444 e. The molecule has 0 saturated carbocycles. The first-order valence-corrected chi connectivity index (χ1v) is 6.21. The lowest BCUT2D eigenvalue weighted by Gasteiger charge is -2.01. The third-order valence-corrected chi connectivity index (χ3v) is 3.34. The van der Waals surface area contributed by atoms with Crippen LogP contribution in [0.4, 0.5) is 5.69 Å². The molecule has 0 aliphatic rings. The zero-order chi connectivity index (χ0) is 14.3. The second-order valence-corrected chi connectivity index (χ2v) is 4.69. The van der Waals surface area contributed by atoms with E-state index in [-0.39, 0.29) is 5.69 Å². The minimum Gasteiger partial charge on any atom is -0.444 e. The van der Waals surface area contributed by atoms with E-state index in [4.69, 9.17) is 4.42 Å². The highest BCUT2D eigenvalue weighted by Crippen LogP contribution is 2.23. The number of non-ortho nitro benzene ring substituents is 1. The number of nitro groups is 1. The lowest BCUT2D eigenvalue weighted by atomic mass is 10.2. The van der Waals surface area contributed by atoms with Gasteiger partial charge >= 0.3 is 0 Å². The first-order chi connectivity index (χ1) is 9.54. The van der Waals surface area contributed by atoms with Gasteiger partial charge in [-0.15, -0.1) is 0 Å². The Morgan fingerprint density at radius 1 is 1.35 bits per heavy atom. The average Bonchev–Trinajstić information content (AvgIpc) is 2.94. The molecule has 2 heterocycles. The number of hydrogen-bond acceptors (Lipinski definition) is 4. The van der Waals surface area contributed by atoms with Crippen molar-refractivity contribution in [3.8, 4) is 0 Å². The van der Waals surface area contributed by atoms with Crippen LogP contribution in [0.1, 0.15) is 17.3 Å². The number of nitrogens with zero attached hydrogens (tertiary/aromatic N) is 3. The fourth-order valence-electron chi connectivity index (χ4n) is 2.19. The maximum Gasteiger partial charge on any atom is 0.270 e. The third-order valence-electron chi connectivity index (χ3n) is 3.34. The second kappa shape index (κ2) is 4.48. The van der Waals surface area contributed by atoms with Gasteiger partial charge in [0.15, 0.2) is 0 Å². The standard InChI is InChI=1S/C14H13N3O3/c1-9-10(2)20-14(15-9)8-16-6-5-11-7-12(17(18)19)3-4-13(11)16/h3-7H,8H2,1-2H3. The third kappa shape index (κ3) is 2.05. The number of aromatic nitrogens is 2. The quantitative estimate of drug-likeness (QED) is 0.541. The van der Waals surface area contributed by atoms with Gasteiger partial charge < -0.3 is 8.98 Å². The highest BCUT2D eigenvalue weighted by molar-refractivity contribution is 5.82. The summed E-state index contributed by atoms with van der Waals surface area (Å²) in [6.45, 7) is 4.29. The van der Waals surface area contributed by atoms with Crippen LogP contribution in [-0.2, 0) is 6.54 Å². The van der Waals surface area contributed by atoms with Crippen molar-refractivity contribution in [3.63, 3.8) is 0 Å². The van der Waals surface area contributed by atoms with Gasteiger partial charge in [0.25, 0.3) is 5.69 Å². The van der Waals surface area contributed by atoms with Gasteiger partial charge in [-0.25, -0.2) is 4.98 Å². The molecule has 0 radical (unpaired) electrons. The molecule has 0 atom stereocenters. The summed E-state index contributed by atoms with van der Waals surface area (Å²) in [7, 11) is 0. The maximum atomic E-state index is 10.8. The SMILES string of the molecule is Cc1nc(Cn2ccc3cc([N+](=O)[O-])ccc32)oc1C. The molecule has 0 aliphatic carbocycles. The van der Waals surface area contributed by atoms with Crippen LogP contribution < -0.4 is 0 Å². The molecular weight excluding hydrogens is 258 g/mol. The van der Waals surface area contributed by atoms with E-state index in [1.165, 1.54) is 6.07 Å². The van der Waals surface area contributed by atoms with E-state index in [2.05, 4.69) is 4.98 Å². The molecule has 102 valence electrons. The molecule has 2 aromatic heterocycles. The molecule has 0 N–H and O–H groups in total. The van der Waals surface area contributed by atoms with Crippen molar-refractivity contribution in [2.45, 2.75) is 20.4 Å². The minimum absolute atomic E-state index is 0.0954. The number of rotatable bonds is 3. The molecular formula is C14H13N3O3. The van der Waals surface area contributed by atoms with E-state index in [9.17, 15) is 10.1 Å². The molecule has 0 spiro atoms. The number of fused-ring (bicyclic) bond motifs is 1. The van der Waals surface area contributed by atoms with Gasteiger partial charge in [-0.05, 0) is 26.0 Å². The summed E-state index contributed by atoms with van der Waals surface area (Å²) >= 11 is 0. The van der Waals surface area contributed by atoms with Crippen LogP contribution in [0.15, 0.2) is 34.9 Å². The summed E-state index contributed by atoms with van der Waals surface area (Å²) < 4.78 is 7.52. The molecule has 1 aromatic carbocycles. The number of hydrogen-bond donors (Lipinski definition) is 0. The molecule has 0 fully saturated rings. The number of benzene rings is 1. The summed E-state index contributed by atoms with van der Waals surface area (Å²) in [6, 6.07) is 6.67.